The maximum absolute atomic E-state index is 11.5. The maximum Gasteiger partial charge on any atom is 0.265 e. The molecule has 0 aliphatic carbocycles. The summed E-state index contributed by atoms with van der Waals surface area (Å²) in [6.07, 6.45) is 0.156. The molecule has 2 rings (SSSR count). The average Bonchev–Trinajstić information content (AvgIpc) is 2.52. The van der Waals surface area contributed by atoms with Crippen molar-refractivity contribution in [3.05, 3.63) is 70.8 Å². The van der Waals surface area contributed by atoms with Gasteiger partial charge in [0.25, 0.3) is 10.1 Å². The summed E-state index contributed by atoms with van der Waals surface area (Å²) in [5.74, 6) is 0. The van der Waals surface area contributed by atoms with E-state index in [1.54, 1.807) is 48.5 Å². The highest BCUT2D eigenvalue weighted by atomic mass is 32.2. The molecule has 0 spiro atoms. The predicted molar refractivity (Wildman–Crippen MR) is 80.1 cm³/mol. The van der Waals surface area contributed by atoms with E-state index in [4.69, 9.17) is 14.7 Å². The van der Waals surface area contributed by atoms with E-state index in [1.165, 1.54) is 0 Å². The van der Waals surface area contributed by atoms with Gasteiger partial charge in [0.1, 0.15) is 6.10 Å². The lowest BCUT2D eigenvalue weighted by atomic mass is 10.00. The summed E-state index contributed by atoms with van der Waals surface area (Å²) >= 11 is 0. The van der Waals surface area contributed by atoms with Crippen molar-refractivity contribution in [1.29, 1.82) is 10.5 Å². The topological polar surface area (TPSA) is 90.9 Å². The molecular formula is C16H12N2O3S. The first-order valence-corrected chi connectivity index (χ1v) is 8.13. The van der Waals surface area contributed by atoms with Crippen LogP contribution in [0.5, 0.6) is 0 Å². The fourth-order valence-corrected chi connectivity index (χ4v) is 2.52. The van der Waals surface area contributed by atoms with Gasteiger partial charge in [-0.25, -0.2) is 0 Å². The van der Waals surface area contributed by atoms with Crippen molar-refractivity contribution in [3.8, 4) is 12.1 Å². The van der Waals surface area contributed by atoms with E-state index in [2.05, 4.69) is 0 Å². The fraction of sp³-hybridized carbons (Fsp3) is 0.125. The SMILES string of the molecule is CS(=O)(=O)OC(c1ccc(C#N)cc1)c1ccc(C#N)cc1. The largest absolute Gasteiger partial charge is 0.265 e. The van der Waals surface area contributed by atoms with Crippen molar-refractivity contribution in [2.75, 3.05) is 6.26 Å². The summed E-state index contributed by atoms with van der Waals surface area (Å²) in [5, 5.41) is 17.6. The molecule has 0 saturated carbocycles. The minimum Gasteiger partial charge on any atom is -0.257 e. The van der Waals surface area contributed by atoms with E-state index in [0.717, 1.165) is 6.26 Å². The van der Waals surface area contributed by atoms with Gasteiger partial charge in [0.2, 0.25) is 0 Å². The van der Waals surface area contributed by atoms with Crippen molar-refractivity contribution in [1.82, 2.24) is 0 Å². The van der Waals surface area contributed by atoms with Crippen molar-refractivity contribution < 1.29 is 12.6 Å². The predicted octanol–water partition coefficient (Wildman–Crippen LogP) is 2.50. The molecule has 0 aromatic heterocycles. The highest BCUT2D eigenvalue weighted by Crippen LogP contribution is 2.28. The first kappa shape index (κ1) is 15.7. The smallest absolute Gasteiger partial charge is 0.257 e. The first-order chi connectivity index (χ1) is 10.4. The molecule has 5 nitrogen and oxygen atoms in total. The van der Waals surface area contributed by atoms with Crippen LogP contribution in [0.4, 0.5) is 0 Å². The van der Waals surface area contributed by atoms with Crippen LogP contribution in [0.3, 0.4) is 0 Å². The molecule has 6 heteroatoms. The van der Waals surface area contributed by atoms with Crippen LogP contribution in [0.2, 0.25) is 0 Å². The van der Waals surface area contributed by atoms with Gasteiger partial charge in [-0.3, -0.25) is 4.18 Å². The van der Waals surface area contributed by atoms with Crippen LogP contribution >= 0.6 is 0 Å². The van der Waals surface area contributed by atoms with E-state index < -0.39 is 16.2 Å². The molecule has 2 aromatic rings. The zero-order valence-electron chi connectivity index (χ0n) is 11.7. The van der Waals surface area contributed by atoms with E-state index >= 15 is 0 Å². The minimum absolute atomic E-state index is 0.474. The summed E-state index contributed by atoms with van der Waals surface area (Å²) in [7, 11) is -3.68. The van der Waals surface area contributed by atoms with Gasteiger partial charge >= 0.3 is 0 Å². The molecular weight excluding hydrogens is 300 g/mol. The Morgan fingerprint density at radius 3 is 1.50 bits per heavy atom. The molecule has 2 aromatic carbocycles. The Labute approximate surface area is 129 Å². The second-order valence-corrected chi connectivity index (χ2v) is 6.25. The molecule has 0 bridgehead atoms. The number of benzene rings is 2. The van der Waals surface area contributed by atoms with Crippen molar-refractivity contribution >= 4 is 10.1 Å². The Bertz CT molecular complexity index is 785. The molecule has 0 heterocycles. The molecule has 0 atom stereocenters. The highest BCUT2D eigenvalue weighted by molar-refractivity contribution is 7.86. The van der Waals surface area contributed by atoms with Crippen molar-refractivity contribution in [3.63, 3.8) is 0 Å². The third-order valence-corrected chi connectivity index (χ3v) is 3.50. The summed E-state index contributed by atoms with van der Waals surface area (Å²) in [4.78, 5) is 0. The van der Waals surface area contributed by atoms with Crippen LogP contribution in [-0.4, -0.2) is 14.7 Å². The van der Waals surface area contributed by atoms with Gasteiger partial charge in [-0.15, -0.1) is 0 Å². The van der Waals surface area contributed by atoms with Crippen LogP contribution in [0.1, 0.15) is 28.4 Å². The Morgan fingerprint density at radius 2 is 1.23 bits per heavy atom. The number of rotatable bonds is 4. The third-order valence-electron chi connectivity index (χ3n) is 2.96. The standard InChI is InChI=1S/C16H12N2O3S/c1-22(19,20)21-16(14-6-2-12(10-17)3-7-14)15-8-4-13(11-18)5-9-15/h2-9,16H,1H3. The molecule has 0 fully saturated rings. The van der Waals surface area contributed by atoms with Gasteiger partial charge in [0, 0.05) is 0 Å². The summed E-state index contributed by atoms with van der Waals surface area (Å²) in [6.45, 7) is 0. The Morgan fingerprint density at radius 1 is 0.864 bits per heavy atom. The summed E-state index contributed by atoms with van der Waals surface area (Å²) in [6, 6.07) is 17.0. The molecule has 0 N–H and O–H groups in total. The molecule has 22 heavy (non-hydrogen) atoms. The van der Waals surface area contributed by atoms with Crippen LogP contribution in [0.25, 0.3) is 0 Å². The summed E-state index contributed by atoms with van der Waals surface area (Å²) < 4.78 is 28.2. The molecule has 0 aliphatic rings. The monoisotopic (exact) mass is 312 g/mol. The Hall–Kier alpha value is -2.67. The lowest BCUT2D eigenvalue weighted by Gasteiger charge is -2.17. The summed E-state index contributed by atoms with van der Waals surface area (Å²) in [5.41, 5.74) is 2.16. The van der Waals surface area contributed by atoms with Crippen LogP contribution in [0.15, 0.2) is 48.5 Å². The lowest BCUT2D eigenvalue weighted by molar-refractivity contribution is 0.256. The third kappa shape index (κ3) is 3.92. The quantitative estimate of drug-likeness (QED) is 0.809. The van der Waals surface area contributed by atoms with Crippen LogP contribution < -0.4 is 0 Å². The van der Waals surface area contributed by atoms with Gasteiger partial charge in [0.15, 0.2) is 0 Å². The molecule has 0 amide bonds. The highest BCUT2D eigenvalue weighted by Gasteiger charge is 2.20. The van der Waals surface area contributed by atoms with Gasteiger partial charge in [-0.2, -0.15) is 18.9 Å². The van der Waals surface area contributed by atoms with Crippen LogP contribution in [0, 0.1) is 22.7 Å². The number of nitriles is 2. The molecule has 110 valence electrons. The van der Waals surface area contributed by atoms with Crippen molar-refractivity contribution in [2.24, 2.45) is 0 Å². The number of hydrogen-bond donors (Lipinski definition) is 0. The normalized spacial score (nSPS) is 10.9. The van der Waals surface area contributed by atoms with Gasteiger partial charge < -0.3 is 0 Å². The zero-order chi connectivity index (χ0) is 16.2. The van der Waals surface area contributed by atoms with Gasteiger partial charge in [-0.1, -0.05) is 24.3 Å². The van der Waals surface area contributed by atoms with E-state index in [0.29, 0.717) is 22.3 Å². The number of nitrogens with zero attached hydrogens (tertiary/aromatic N) is 2. The van der Waals surface area contributed by atoms with E-state index in [9.17, 15) is 8.42 Å². The average molecular weight is 312 g/mol. The fourth-order valence-electron chi connectivity index (χ4n) is 1.94. The Kier molecular flexibility index (Phi) is 4.57. The van der Waals surface area contributed by atoms with Gasteiger partial charge in [-0.05, 0) is 35.4 Å². The second-order valence-electron chi connectivity index (χ2n) is 4.65. The molecule has 0 unspecified atom stereocenters. The van der Waals surface area contributed by atoms with Crippen molar-refractivity contribution in [2.45, 2.75) is 6.10 Å². The second kappa shape index (κ2) is 6.40. The van der Waals surface area contributed by atoms with E-state index in [-0.39, 0.29) is 0 Å². The Balaban J connectivity index is 2.45. The van der Waals surface area contributed by atoms with Gasteiger partial charge in [0.05, 0.1) is 29.5 Å². The zero-order valence-corrected chi connectivity index (χ0v) is 12.5. The lowest BCUT2D eigenvalue weighted by Crippen LogP contribution is -2.12. The maximum atomic E-state index is 11.5. The van der Waals surface area contributed by atoms with E-state index in [1.807, 2.05) is 12.1 Å². The molecule has 0 aliphatic heterocycles. The molecule has 0 saturated heterocycles. The van der Waals surface area contributed by atoms with Crippen LogP contribution in [-0.2, 0) is 14.3 Å². The minimum atomic E-state index is -3.68. The first-order valence-electron chi connectivity index (χ1n) is 6.31. The molecule has 0 radical (unpaired) electrons. The number of hydrogen-bond acceptors (Lipinski definition) is 5.